The highest BCUT2D eigenvalue weighted by Gasteiger charge is 2.26. The van der Waals surface area contributed by atoms with Crippen LogP contribution < -0.4 is 5.32 Å². The summed E-state index contributed by atoms with van der Waals surface area (Å²) in [6.45, 7) is 0. The summed E-state index contributed by atoms with van der Waals surface area (Å²) in [6, 6.07) is 10.8. The van der Waals surface area contributed by atoms with Gasteiger partial charge in [0.1, 0.15) is 5.82 Å². The van der Waals surface area contributed by atoms with Crippen LogP contribution in [0.5, 0.6) is 0 Å². The number of carboxylic acid groups (broad SMARTS) is 1. The van der Waals surface area contributed by atoms with E-state index < -0.39 is 23.7 Å². The summed E-state index contributed by atoms with van der Waals surface area (Å²) in [6.07, 6.45) is 0. The predicted molar refractivity (Wildman–Crippen MR) is 80.3 cm³/mol. The quantitative estimate of drug-likeness (QED) is 0.688. The van der Waals surface area contributed by atoms with Gasteiger partial charge in [0.15, 0.2) is 11.7 Å². The molecule has 1 unspecified atom stereocenters. The number of H-pyrrole nitrogens is 1. The van der Waals surface area contributed by atoms with E-state index >= 15 is 0 Å². The smallest absolute Gasteiger partial charge is 0.331 e. The summed E-state index contributed by atoms with van der Waals surface area (Å²) in [4.78, 5) is 23.8. The molecule has 1 atom stereocenters. The molecular formula is C16H12FN3O3. The minimum absolute atomic E-state index is 0.0585. The maximum Gasteiger partial charge on any atom is 0.331 e. The van der Waals surface area contributed by atoms with Crippen molar-refractivity contribution in [3.63, 3.8) is 0 Å². The van der Waals surface area contributed by atoms with E-state index in [2.05, 4.69) is 15.5 Å². The predicted octanol–water partition coefficient (Wildman–Crippen LogP) is 2.26. The van der Waals surface area contributed by atoms with Gasteiger partial charge in [0.05, 0.1) is 5.52 Å². The zero-order valence-electron chi connectivity index (χ0n) is 11.8. The Bertz CT molecular complexity index is 891. The van der Waals surface area contributed by atoms with Crippen LogP contribution in [0.1, 0.15) is 22.1 Å². The van der Waals surface area contributed by atoms with Gasteiger partial charge in [-0.2, -0.15) is 5.10 Å². The molecule has 0 saturated carbocycles. The summed E-state index contributed by atoms with van der Waals surface area (Å²) in [5, 5.41) is 18.8. The maximum absolute atomic E-state index is 13.8. The number of halogens is 1. The molecule has 3 rings (SSSR count). The summed E-state index contributed by atoms with van der Waals surface area (Å²) < 4.78 is 13.8. The molecule has 0 bridgehead atoms. The molecule has 116 valence electrons. The number of carbonyl (C=O) groups excluding carboxylic acids is 1. The van der Waals surface area contributed by atoms with E-state index in [1.54, 1.807) is 24.3 Å². The van der Waals surface area contributed by atoms with E-state index in [9.17, 15) is 19.1 Å². The van der Waals surface area contributed by atoms with Crippen molar-refractivity contribution >= 4 is 22.8 Å². The summed E-state index contributed by atoms with van der Waals surface area (Å²) >= 11 is 0. The van der Waals surface area contributed by atoms with Crippen molar-refractivity contribution < 1.29 is 19.1 Å². The third kappa shape index (κ3) is 2.76. The number of carboxylic acids is 1. The molecule has 7 heteroatoms. The molecule has 0 aliphatic carbocycles. The number of hydrogen-bond donors (Lipinski definition) is 3. The largest absolute Gasteiger partial charge is 0.479 e. The summed E-state index contributed by atoms with van der Waals surface area (Å²) in [5.41, 5.74) is 0.590. The van der Waals surface area contributed by atoms with Gasteiger partial charge in [-0.3, -0.25) is 9.89 Å². The van der Waals surface area contributed by atoms with Crippen LogP contribution in [0.2, 0.25) is 0 Å². The van der Waals surface area contributed by atoms with E-state index in [1.807, 2.05) is 0 Å². The highest BCUT2D eigenvalue weighted by atomic mass is 19.1. The Kier molecular flexibility index (Phi) is 3.76. The molecule has 1 heterocycles. The van der Waals surface area contributed by atoms with Crippen molar-refractivity contribution in [2.24, 2.45) is 0 Å². The second-order valence-corrected chi connectivity index (χ2v) is 4.88. The van der Waals surface area contributed by atoms with E-state index in [-0.39, 0.29) is 11.3 Å². The molecule has 1 aromatic heterocycles. The second kappa shape index (κ2) is 5.88. The fourth-order valence-electron chi connectivity index (χ4n) is 2.32. The Balaban J connectivity index is 1.93. The molecule has 0 aliphatic heterocycles. The number of aliphatic carboxylic acids is 1. The van der Waals surface area contributed by atoms with Crippen LogP contribution in [-0.4, -0.2) is 27.2 Å². The first-order valence-electron chi connectivity index (χ1n) is 6.79. The van der Waals surface area contributed by atoms with Crippen LogP contribution in [0, 0.1) is 5.82 Å². The third-order valence-corrected chi connectivity index (χ3v) is 3.42. The Labute approximate surface area is 129 Å². The Morgan fingerprint density at radius 3 is 2.57 bits per heavy atom. The SMILES string of the molecule is O=C(NC(C(=O)O)c1ccccc1F)c1n[nH]c2ccccc12. The summed E-state index contributed by atoms with van der Waals surface area (Å²) in [5.74, 6) is -2.76. The van der Waals surface area contributed by atoms with Crippen LogP contribution in [0.25, 0.3) is 10.9 Å². The highest BCUT2D eigenvalue weighted by Crippen LogP contribution is 2.20. The maximum atomic E-state index is 13.8. The van der Waals surface area contributed by atoms with Crippen LogP contribution in [-0.2, 0) is 4.79 Å². The highest BCUT2D eigenvalue weighted by molar-refractivity contribution is 6.05. The van der Waals surface area contributed by atoms with Gasteiger partial charge in [-0.1, -0.05) is 36.4 Å². The van der Waals surface area contributed by atoms with E-state index in [4.69, 9.17) is 0 Å². The van der Waals surface area contributed by atoms with Crippen LogP contribution in [0.4, 0.5) is 4.39 Å². The van der Waals surface area contributed by atoms with Gasteiger partial charge in [-0.05, 0) is 12.1 Å². The number of rotatable bonds is 4. The Morgan fingerprint density at radius 2 is 1.83 bits per heavy atom. The lowest BCUT2D eigenvalue weighted by atomic mass is 10.1. The van der Waals surface area contributed by atoms with Gasteiger partial charge in [0, 0.05) is 10.9 Å². The van der Waals surface area contributed by atoms with Crippen molar-refractivity contribution in [2.45, 2.75) is 6.04 Å². The molecule has 3 aromatic rings. The fourth-order valence-corrected chi connectivity index (χ4v) is 2.32. The first-order valence-corrected chi connectivity index (χ1v) is 6.79. The number of nitrogens with zero attached hydrogens (tertiary/aromatic N) is 1. The number of fused-ring (bicyclic) bond motifs is 1. The lowest BCUT2D eigenvalue weighted by molar-refractivity contribution is -0.139. The molecule has 0 fully saturated rings. The Morgan fingerprint density at radius 1 is 1.13 bits per heavy atom. The van der Waals surface area contributed by atoms with Crippen LogP contribution in [0.3, 0.4) is 0 Å². The van der Waals surface area contributed by atoms with Gasteiger partial charge in [-0.25, -0.2) is 9.18 Å². The zero-order chi connectivity index (χ0) is 16.4. The lowest BCUT2D eigenvalue weighted by Gasteiger charge is -2.14. The number of aromatic amines is 1. The standard InChI is InChI=1S/C16H12FN3O3/c17-11-7-3-1-5-9(11)14(16(22)23)18-15(21)13-10-6-2-4-8-12(10)19-20-13/h1-8,14H,(H,18,21)(H,19,20)(H,22,23). The minimum Gasteiger partial charge on any atom is -0.479 e. The molecule has 0 saturated heterocycles. The van der Waals surface area contributed by atoms with E-state index in [0.717, 1.165) is 6.07 Å². The average molecular weight is 313 g/mol. The molecule has 3 N–H and O–H groups in total. The first-order chi connectivity index (χ1) is 11.1. The number of carbonyl (C=O) groups is 2. The molecule has 2 aromatic carbocycles. The number of nitrogens with one attached hydrogen (secondary N) is 2. The van der Waals surface area contributed by atoms with Crippen LogP contribution >= 0.6 is 0 Å². The zero-order valence-corrected chi connectivity index (χ0v) is 11.8. The monoisotopic (exact) mass is 313 g/mol. The second-order valence-electron chi connectivity index (χ2n) is 4.88. The van der Waals surface area contributed by atoms with Crippen molar-refractivity contribution in [1.82, 2.24) is 15.5 Å². The summed E-state index contributed by atoms with van der Waals surface area (Å²) in [7, 11) is 0. The topological polar surface area (TPSA) is 95.1 Å². The van der Waals surface area contributed by atoms with Gasteiger partial charge >= 0.3 is 5.97 Å². The van der Waals surface area contributed by atoms with Crippen molar-refractivity contribution in [1.29, 1.82) is 0 Å². The molecule has 0 radical (unpaired) electrons. The van der Waals surface area contributed by atoms with Gasteiger partial charge in [0.25, 0.3) is 5.91 Å². The molecule has 0 spiro atoms. The van der Waals surface area contributed by atoms with E-state index in [0.29, 0.717) is 10.9 Å². The molecule has 1 amide bonds. The van der Waals surface area contributed by atoms with Gasteiger partial charge in [-0.15, -0.1) is 0 Å². The van der Waals surface area contributed by atoms with Crippen molar-refractivity contribution in [3.05, 3.63) is 65.6 Å². The normalized spacial score (nSPS) is 12.0. The molecule has 6 nitrogen and oxygen atoms in total. The van der Waals surface area contributed by atoms with Crippen molar-refractivity contribution in [2.75, 3.05) is 0 Å². The molecule has 0 aliphatic rings. The molecular weight excluding hydrogens is 301 g/mol. The third-order valence-electron chi connectivity index (χ3n) is 3.42. The number of hydrogen-bond acceptors (Lipinski definition) is 3. The van der Waals surface area contributed by atoms with Gasteiger partial charge < -0.3 is 10.4 Å². The van der Waals surface area contributed by atoms with Crippen molar-refractivity contribution in [3.8, 4) is 0 Å². The Hall–Kier alpha value is -3.22. The number of para-hydroxylation sites is 1. The number of amides is 1. The minimum atomic E-state index is -1.50. The number of benzene rings is 2. The average Bonchev–Trinajstić information content (AvgIpc) is 2.97. The first kappa shape index (κ1) is 14.7. The van der Waals surface area contributed by atoms with Gasteiger partial charge in [0.2, 0.25) is 0 Å². The van der Waals surface area contributed by atoms with E-state index in [1.165, 1.54) is 18.2 Å². The number of aromatic nitrogens is 2. The van der Waals surface area contributed by atoms with Crippen LogP contribution in [0.15, 0.2) is 48.5 Å². The lowest BCUT2D eigenvalue weighted by Crippen LogP contribution is -2.34. The fraction of sp³-hybridized carbons (Fsp3) is 0.0625. The molecule has 23 heavy (non-hydrogen) atoms.